The van der Waals surface area contributed by atoms with E-state index in [2.05, 4.69) is 5.32 Å². The Morgan fingerprint density at radius 1 is 1.00 bits per heavy atom. The SMILES string of the molecule is CC(C)=C1[C@H]2C=C[C@H]1[C@@H](C(=O)Nc1ccccc1)[C@H]2C(=O)[O-]. The molecule has 2 aliphatic carbocycles. The summed E-state index contributed by atoms with van der Waals surface area (Å²) in [6.07, 6.45) is 3.86. The van der Waals surface area contributed by atoms with Gasteiger partial charge in [-0.1, -0.05) is 41.5 Å². The Balaban J connectivity index is 1.92. The molecule has 4 heteroatoms. The number of nitrogens with one attached hydrogen (secondary N) is 1. The average Bonchev–Trinajstić information content (AvgIpc) is 3.03. The van der Waals surface area contributed by atoms with Gasteiger partial charge in [0.1, 0.15) is 0 Å². The topological polar surface area (TPSA) is 69.2 Å². The summed E-state index contributed by atoms with van der Waals surface area (Å²) < 4.78 is 0. The van der Waals surface area contributed by atoms with E-state index in [0.717, 1.165) is 11.1 Å². The van der Waals surface area contributed by atoms with Crippen molar-refractivity contribution in [2.45, 2.75) is 13.8 Å². The molecule has 1 saturated carbocycles. The van der Waals surface area contributed by atoms with Crippen LogP contribution in [0.25, 0.3) is 0 Å². The van der Waals surface area contributed by atoms with Gasteiger partial charge in [0.25, 0.3) is 0 Å². The van der Waals surface area contributed by atoms with Gasteiger partial charge in [0.2, 0.25) is 5.91 Å². The molecule has 1 aromatic carbocycles. The number of hydrogen-bond donors (Lipinski definition) is 1. The smallest absolute Gasteiger partial charge is 0.229 e. The number of rotatable bonds is 3. The molecule has 0 spiro atoms. The van der Waals surface area contributed by atoms with Gasteiger partial charge >= 0.3 is 0 Å². The van der Waals surface area contributed by atoms with Crippen LogP contribution < -0.4 is 10.4 Å². The number of benzene rings is 1. The summed E-state index contributed by atoms with van der Waals surface area (Å²) >= 11 is 0. The van der Waals surface area contributed by atoms with Crippen LogP contribution in [0.1, 0.15) is 13.8 Å². The van der Waals surface area contributed by atoms with Crippen molar-refractivity contribution in [1.82, 2.24) is 0 Å². The quantitative estimate of drug-likeness (QED) is 0.864. The minimum absolute atomic E-state index is 0.137. The van der Waals surface area contributed by atoms with E-state index in [9.17, 15) is 14.7 Å². The van der Waals surface area contributed by atoms with E-state index in [1.54, 1.807) is 12.1 Å². The zero-order chi connectivity index (χ0) is 15.9. The monoisotopic (exact) mass is 296 g/mol. The molecule has 1 fully saturated rings. The number of aliphatic carboxylic acids is 1. The highest BCUT2D eigenvalue weighted by molar-refractivity contribution is 5.97. The van der Waals surface area contributed by atoms with E-state index in [1.165, 1.54) is 0 Å². The molecule has 2 aliphatic rings. The van der Waals surface area contributed by atoms with Gasteiger partial charge in [-0.25, -0.2) is 0 Å². The van der Waals surface area contributed by atoms with Crippen LogP contribution in [0, 0.1) is 23.7 Å². The van der Waals surface area contributed by atoms with Crippen molar-refractivity contribution < 1.29 is 14.7 Å². The van der Waals surface area contributed by atoms with E-state index in [0.29, 0.717) is 5.69 Å². The average molecular weight is 296 g/mol. The van der Waals surface area contributed by atoms with Crippen molar-refractivity contribution in [1.29, 1.82) is 0 Å². The number of carbonyl (C=O) groups excluding carboxylic acids is 2. The second-order valence-electron chi connectivity index (χ2n) is 6.12. The first-order valence-corrected chi connectivity index (χ1v) is 7.43. The molecule has 0 aromatic heterocycles. The fourth-order valence-corrected chi connectivity index (χ4v) is 3.78. The number of allylic oxidation sites excluding steroid dienone is 4. The molecule has 22 heavy (non-hydrogen) atoms. The molecular formula is C18H18NO3-. The maximum Gasteiger partial charge on any atom is 0.229 e. The highest BCUT2D eigenvalue weighted by Gasteiger charge is 2.52. The van der Waals surface area contributed by atoms with Crippen LogP contribution in [0.3, 0.4) is 0 Å². The highest BCUT2D eigenvalue weighted by Crippen LogP contribution is 2.53. The normalized spacial score (nSPS) is 28.7. The number of hydrogen-bond acceptors (Lipinski definition) is 3. The van der Waals surface area contributed by atoms with Gasteiger partial charge in [-0.15, -0.1) is 0 Å². The molecule has 0 heterocycles. The van der Waals surface area contributed by atoms with Gasteiger partial charge in [0.15, 0.2) is 0 Å². The van der Waals surface area contributed by atoms with Gasteiger partial charge in [-0.05, 0) is 26.0 Å². The number of fused-ring (bicyclic) bond motifs is 2. The third-order valence-corrected chi connectivity index (χ3v) is 4.60. The molecule has 3 rings (SSSR count). The number of amides is 1. The summed E-state index contributed by atoms with van der Waals surface area (Å²) in [7, 11) is 0. The summed E-state index contributed by atoms with van der Waals surface area (Å²) in [6.45, 7) is 3.93. The zero-order valence-corrected chi connectivity index (χ0v) is 12.6. The zero-order valence-electron chi connectivity index (χ0n) is 12.6. The maximum absolute atomic E-state index is 12.6. The lowest BCUT2D eigenvalue weighted by Gasteiger charge is -2.27. The second kappa shape index (κ2) is 5.44. The standard InChI is InChI=1S/C18H19NO3/c1-10(2)14-12-8-9-13(14)16(18(21)22)15(12)17(20)19-11-6-4-3-5-7-11/h3-9,12-13,15-16H,1-2H3,(H,19,20)(H,21,22)/p-1/t12-,13-,15-,16+/m1/s1. The number of carboxylic acids is 1. The first kappa shape index (κ1) is 14.6. The Morgan fingerprint density at radius 3 is 2.14 bits per heavy atom. The Bertz CT molecular complexity index is 671. The molecule has 0 aliphatic heterocycles. The Morgan fingerprint density at radius 2 is 1.59 bits per heavy atom. The van der Waals surface area contributed by atoms with Crippen molar-refractivity contribution >= 4 is 17.6 Å². The molecule has 1 amide bonds. The van der Waals surface area contributed by atoms with Crippen LogP contribution in [-0.4, -0.2) is 11.9 Å². The van der Waals surface area contributed by atoms with Gasteiger partial charge in [0.05, 0.1) is 5.92 Å². The number of carbonyl (C=O) groups is 2. The second-order valence-corrected chi connectivity index (χ2v) is 6.12. The number of para-hydroxylation sites is 1. The predicted octanol–water partition coefficient (Wildman–Crippen LogP) is 1.76. The largest absolute Gasteiger partial charge is 0.550 e. The van der Waals surface area contributed by atoms with Crippen molar-refractivity contribution in [2.75, 3.05) is 5.32 Å². The van der Waals surface area contributed by atoms with Gasteiger partial charge in [-0.2, -0.15) is 0 Å². The first-order chi connectivity index (χ1) is 10.5. The van der Waals surface area contributed by atoms with Crippen LogP contribution in [0.15, 0.2) is 53.6 Å². The lowest BCUT2D eigenvalue weighted by Crippen LogP contribution is -2.42. The van der Waals surface area contributed by atoms with Crippen LogP contribution in [0.2, 0.25) is 0 Å². The first-order valence-electron chi connectivity index (χ1n) is 7.43. The molecular weight excluding hydrogens is 278 g/mol. The summed E-state index contributed by atoms with van der Waals surface area (Å²) in [5.74, 6) is -3.15. The van der Waals surface area contributed by atoms with Crippen LogP contribution in [0.4, 0.5) is 5.69 Å². The lowest BCUT2D eigenvalue weighted by atomic mass is 9.82. The van der Waals surface area contributed by atoms with E-state index in [1.807, 2.05) is 44.2 Å². The third-order valence-electron chi connectivity index (χ3n) is 4.60. The molecule has 114 valence electrons. The van der Waals surface area contributed by atoms with Crippen molar-refractivity contribution in [3.8, 4) is 0 Å². The fourth-order valence-electron chi connectivity index (χ4n) is 3.78. The van der Waals surface area contributed by atoms with Crippen molar-refractivity contribution in [3.05, 3.63) is 53.6 Å². The number of carboxylic acid groups (broad SMARTS) is 1. The Kier molecular flexibility index (Phi) is 3.61. The van der Waals surface area contributed by atoms with E-state index in [-0.39, 0.29) is 17.7 Å². The molecule has 4 atom stereocenters. The minimum atomic E-state index is -1.15. The highest BCUT2D eigenvalue weighted by atomic mass is 16.4. The van der Waals surface area contributed by atoms with Gasteiger partial charge < -0.3 is 15.2 Å². The number of anilines is 1. The molecule has 1 aromatic rings. The summed E-state index contributed by atoms with van der Waals surface area (Å²) in [4.78, 5) is 24.2. The molecule has 2 bridgehead atoms. The summed E-state index contributed by atoms with van der Waals surface area (Å²) in [5, 5.41) is 14.4. The van der Waals surface area contributed by atoms with E-state index < -0.39 is 17.8 Å². The van der Waals surface area contributed by atoms with E-state index >= 15 is 0 Å². The van der Waals surface area contributed by atoms with Crippen LogP contribution >= 0.6 is 0 Å². The summed E-state index contributed by atoms with van der Waals surface area (Å²) in [6, 6.07) is 9.09. The molecule has 4 nitrogen and oxygen atoms in total. The van der Waals surface area contributed by atoms with Gasteiger partial charge in [0, 0.05) is 29.4 Å². The van der Waals surface area contributed by atoms with E-state index in [4.69, 9.17) is 0 Å². The Labute approximate surface area is 129 Å². The Hall–Kier alpha value is -2.36. The molecule has 1 N–H and O–H groups in total. The predicted molar refractivity (Wildman–Crippen MR) is 81.6 cm³/mol. The molecule has 0 saturated heterocycles. The summed E-state index contributed by atoms with van der Waals surface area (Å²) in [5.41, 5.74) is 2.82. The lowest BCUT2D eigenvalue weighted by molar-refractivity contribution is -0.313. The molecule has 0 radical (unpaired) electrons. The maximum atomic E-state index is 12.6. The molecule has 0 unspecified atom stereocenters. The third kappa shape index (κ3) is 2.25. The van der Waals surface area contributed by atoms with Crippen LogP contribution in [0.5, 0.6) is 0 Å². The van der Waals surface area contributed by atoms with Crippen molar-refractivity contribution in [2.24, 2.45) is 23.7 Å². The van der Waals surface area contributed by atoms with Gasteiger partial charge in [-0.3, -0.25) is 4.79 Å². The van der Waals surface area contributed by atoms with Crippen LogP contribution in [-0.2, 0) is 9.59 Å². The minimum Gasteiger partial charge on any atom is -0.550 e. The van der Waals surface area contributed by atoms with Crippen molar-refractivity contribution in [3.63, 3.8) is 0 Å². The fraction of sp³-hybridized carbons (Fsp3) is 0.333.